The number of unbranched alkanes of at least 4 members (excludes halogenated alkanes) is 5. The second kappa shape index (κ2) is 13.7. The highest BCUT2D eigenvalue weighted by Crippen LogP contribution is 2.29. The lowest BCUT2D eigenvalue weighted by atomic mass is 9.87. The number of rotatable bonds is 9. The van der Waals surface area contributed by atoms with Gasteiger partial charge in [-0.2, -0.15) is 0 Å². The van der Waals surface area contributed by atoms with Crippen molar-refractivity contribution in [2.24, 2.45) is 0 Å². The van der Waals surface area contributed by atoms with E-state index in [4.69, 9.17) is 0 Å². The smallest absolute Gasteiger partial charge is 0.143 e. The zero-order valence-electron chi connectivity index (χ0n) is 26.1. The van der Waals surface area contributed by atoms with Crippen LogP contribution in [0.2, 0.25) is 0 Å². The Balaban J connectivity index is 0.000000177. The molecule has 6 aromatic rings. The largest absolute Gasteiger partial charge is 0.506 e. The summed E-state index contributed by atoms with van der Waals surface area (Å²) >= 11 is 0. The minimum absolute atomic E-state index is 0.00895. The highest BCUT2D eigenvalue weighted by atomic mass is 16.3. The molecule has 0 aliphatic rings. The maximum absolute atomic E-state index is 10.2. The van der Waals surface area contributed by atoms with Gasteiger partial charge in [0.05, 0.1) is 0 Å². The van der Waals surface area contributed by atoms with Gasteiger partial charge in [0, 0.05) is 0 Å². The van der Waals surface area contributed by atoms with Crippen LogP contribution in [0.3, 0.4) is 0 Å². The molecule has 228 valence electrons. The maximum atomic E-state index is 10.2. The molecule has 0 aliphatic heterocycles. The van der Waals surface area contributed by atoms with Crippen molar-refractivity contribution in [1.82, 2.24) is 30.0 Å². The van der Waals surface area contributed by atoms with Gasteiger partial charge in [-0.15, -0.1) is 30.0 Å². The maximum Gasteiger partial charge on any atom is 0.143 e. The Morgan fingerprint density at radius 3 is 1.52 bits per heavy atom. The molecule has 0 bridgehead atoms. The Kier molecular flexibility index (Phi) is 9.58. The summed E-state index contributed by atoms with van der Waals surface area (Å²) in [6, 6.07) is 26.7. The molecule has 8 heteroatoms. The number of phenolic OH excluding ortho intramolecular Hbond substituents is 2. The summed E-state index contributed by atoms with van der Waals surface area (Å²) in [4.78, 5) is 3.03. The Morgan fingerprint density at radius 1 is 0.568 bits per heavy atom. The van der Waals surface area contributed by atoms with Gasteiger partial charge in [-0.05, 0) is 77.9 Å². The molecule has 8 nitrogen and oxygen atoms in total. The normalized spacial score (nSPS) is 11.5. The number of phenols is 2. The van der Waals surface area contributed by atoms with E-state index in [0.717, 1.165) is 34.1 Å². The fourth-order valence-corrected chi connectivity index (χ4v) is 5.08. The van der Waals surface area contributed by atoms with Crippen molar-refractivity contribution in [3.63, 3.8) is 0 Å². The number of fused-ring (bicyclic) bond motifs is 2. The highest BCUT2D eigenvalue weighted by molar-refractivity contribution is 5.74. The van der Waals surface area contributed by atoms with Gasteiger partial charge in [0.25, 0.3) is 0 Å². The summed E-state index contributed by atoms with van der Waals surface area (Å²) in [5.41, 5.74) is 6.90. The summed E-state index contributed by atoms with van der Waals surface area (Å²) < 4.78 is 0. The summed E-state index contributed by atoms with van der Waals surface area (Å²) in [5, 5.41) is 38.0. The third-order valence-corrected chi connectivity index (χ3v) is 7.70. The second-order valence-electron chi connectivity index (χ2n) is 12.3. The predicted octanol–water partition coefficient (Wildman–Crippen LogP) is 8.45. The van der Waals surface area contributed by atoms with Crippen LogP contribution in [-0.2, 0) is 11.8 Å². The van der Waals surface area contributed by atoms with Crippen molar-refractivity contribution >= 4 is 22.1 Å². The number of aromatic nitrogens is 6. The molecule has 0 spiro atoms. The van der Waals surface area contributed by atoms with E-state index in [1.54, 1.807) is 12.1 Å². The highest BCUT2D eigenvalue weighted by Gasteiger charge is 2.17. The van der Waals surface area contributed by atoms with E-state index < -0.39 is 0 Å². The van der Waals surface area contributed by atoms with Crippen LogP contribution < -0.4 is 0 Å². The van der Waals surface area contributed by atoms with Gasteiger partial charge in [0.15, 0.2) is 0 Å². The number of benzene rings is 4. The summed E-state index contributed by atoms with van der Waals surface area (Å²) in [6.45, 7) is 8.65. The molecule has 2 N–H and O–H groups in total. The lowest BCUT2D eigenvalue weighted by Crippen LogP contribution is -2.12. The van der Waals surface area contributed by atoms with Crippen LogP contribution in [0.5, 0.6) is 11.5 Å². The molecule has 0 atom stereocenters. The number of hydrogen-bond donors (Lipinski definition) is 2. The Bertz CT molecular complexity index is 1770. The fraction of sp³-hybridized carbons (Fsp3) is 0.333. The Morgan fingerprint density at radius 2 is 1.02 bits per heavy atom. The predicted molar refractivity (Wildman–Crippen MR) is 177 cm³/mol. The number of nitrogens with zero attached hydrogens (tertiary/aromatic N) is 6. The molecular formula is C36H42N6O2. The van der Waals surface area contributed by atoms with Crippen LogP contribution in [0, 0.1) is 0 Å². The molecule has 0 saturated carbocycles. The van der Waals surface area contributed by atoms with Crippen LogP contribution in [0.15, 0.2) is 84.9 Å². The molecule has 4 aromatic carbocycles. The van der Waals surface area contributed by atoms with E-state index in [-0.39, 0.29) is 16.9 Å². The summed E-state index contributed by atoms with van der Waals surface area (Å²) in [5.74, 6) is 0.389. The van der Waals surface area contributed by atoms with Crippen molar-refractivity contribution in [3.05, 3.63) is 96.1 Å². The summed E-state index contributed by atoms with van der Waals surface area (Å²) in [6.07, 6.45) is 8.74. The SMILES string of the molecule is CC(C)(C)c1ccc(O)c(-n2nc3ccccc3n2)c1.CCCCCCCCc1ccc(O)c(-n2nc3ccccc3n2)c1. The van der Waals surface area contributed by atoms with Gasteiger partial charge < -0.3 is 10.2 Å². The van der Waals surface area contributed by atoms with E-state index in [0.29, 0.717) is 11.4 Å². The molecule has 0 radical (unpaired) electrons. The first-order chi connectivity index (χ1) is 21.2. The zero-order valence-corrected chi connectivity index (χ0v) is 26.1. The van der Waals surface area contributed by atoms with E-state index in [1.165, 1.54) is 53.7 Å². The topological polar surface area (TPSA) is 102 Å². The zero-order chi connectivity index (χ0) is 31.1. The average molecular weight is 591 g/mol. The first-order valence-corrected chi connectivity index (χ1v) is 15.5. The molecule has 2 aromatic heterocycles. The van der Waals surface area contributed by atoms with Gasteiger partial charge >= 0.3 is 0 Å². The number of hydrogen-bond acceptors (Lipinski definition) is 6. The lowest BCUT2D eigenvalue weighted by Gasteiger charge is -2.19. The minimum atomic E-state index is 0.00895. The van der Waals surface area contributed by atoms with Gasteiger partial charge in [-0.25, -0.2) is 0 Å². The van der Waals surface area contributed by atoms with Gasteiger partial charge in [-0.3, -0.25) is 0 Å². The molecule has 0 aliphatic carbocycles. The van der Waals surface area contributed by atoms with Gasteiger partial charge in [0.2, 0.25) is 0 Å². The third kappa shape index (κ3) is 7.43. The number of aromatic hydroxyl groups is 2. The summed E-state index contributed by atoms with van der Waals surface area (Å²) in [7, 11) is 0. The molecule has 0 amide bonds. The quantitative estimate of drug-likeness (QED) is 0.164. The van der Waals surface area contributed by atoms with E-state index in [9.17, 15) is 10.2 Å². The molecule has 44 heavy (non-hydrogen) atoms. The van der Waals surface area contributed by atoms with Gasteiger partial charge in [-0.1, -0.05) is 96.2 Å². The van der Waals surface area contributed by atoms with Crippen molar-refractivity contribution in [3.8, 4) is 22.9 Å². The Hall–Kier alpha value is -4.72. The Labute approximate surface area is 259 Å². The first-order valence-electron chi connectivity index (χ1n) is 15.5. The fourth-order valence-electron chi connectivity index (χ4n) is 5.08. The lowest BCUT2D eigenvalue weighted by molar-refractivity contribution is 0.466. The van der Waals surface area contributed by atoms with E-state index >= 15 is 0 Å². The van der Waals surface area contributed by atoms with E-state index in [2.05, 4.69) is 48.1 Å². The average Bonchev–Trinajstić information content (AvgIpc) is 3.64. The number of aryl methyl sites for hydroxylation is 1. The standard InChI is InChI=1S/C20H25N3O.C16H17N3O/c1-2-3-4-5-6-7-10-16-13-14-20(24)19(15-16)23-21-17-11-8-9-12-18(17)22-23;1-16(2,3)11-8-9-15(20)14(10-11)19-17-12-6-4-5-7-13(12)18-19/h8-9,11-15,24H,2-7,10H2,1H3;4-10,20H,1-3H3. The van der Waals surface area contributed by atoms with Crippen LogP contribution in [0.1, 0.15) is 77.3 Å². The molecule has 0 fully saturated rings. The third-order valence-electron chi connectivity index (χ3n) is 7.70. The van der Waals surface area contributed by atoms with Crippen molar-refractivity contribution in [2.75, 3.05) is 0 Å². The second-order valence-corrected chi connectivity index (χ2v) is 12.3. The van der Waals surface area contributed by atoms with Crippen molar-refractivity contribution < 1.29 is 10.2 Å². The van der Waals surface area contributed by atoms with Crippen molar-refractivity contribution in [2.45, 2.75) is 78.1 Å². The van der Waals surface area contributed by atoms with E-state index in [1.807, 2.05) is 72.8 Å². The molecule has 6 rings (SSSR count). The molecule has 0 saturated heterocycles. The minimum Gasteiger partial charge on any atom is -0.506 e. The van der Waals surface area contributed by atoms with Crippen molar-refractivity contribution in [1.29, 1.82) is 0 Å². The molecular weight excluding hydrogens is 548 g/mol. The molecule has 0 unspecified atom stereocenters. The van der Waals surface area contributed by atoms with Crippen LogP contribution >= 0.6 is 0 Å². The van der Waals surface area contributed by atoms with Crippen LogP contribution in [-0.4, -0.2) is 40.2 Å². The van der Waals surface area contributed by atoms with Crippen LogP contribution in [0.4, 0.5) is 0 Å². The first kappa shape index (κ1) is 30.7. The molecule has 2 heterocycles. The van der Waals surface area contributed by atoms with Gasteiger partial charge in [0.1, 0.15) is 44.9 Å². The monoisotopic (exact) mass is 590 g/mol. The van der Waals surface area contributed by atoms with Crippen LogP contribution in [0.25, 0.3) is 33.4 Å².